The molecule has 1 aromatic heterocycles. The Bertz CT molecular complexity index is 525. The molecule has 1 aromatic carbocycles. The maximum atomic E-state index is 6.29. The Kier molecular flexibility index (Phi) is 4.38. The van der Waals surface area contributed by atoms with Gasteiger partial charge in [0.1, 0.15) is 0 Å². The standard InChI is InChI=1S/C16H23N3/c1-4-14-10-15(5-2)19(18-14)11-16(17)13-8-6-12(3)7-9-13/h6-10,16H,4-5,11,17H2,1-3H3. The van der Waals surface area contributed by atoms with Crippen LogP contribution in [0.4, 0.5) is 0 Å². The highest BCUT2D eigenvalue weighted by Gasteiger charge is 2.11. The highest BCUT2D eigenvalue weighted by molar-refractivity contribution is 5.24. The predicted octanol–water partition coefficient (Wildman–Crippen LogP) is 3.02. The zero-order chi connectivity index (χ0) is 13.8. The molecule has 0 aliphatic rings. The Labute approximate surface area is 115 Å². The summed E-state index contributed by atoms with van der Waals surface area (Å²) in [7, 11) is 0. The molecular formula is C16H23N3. The number of aryl methyl sites for hydroxylation is 3. The molecule has 102 valence electrons. The first-order valence-electron chi connectivity index (χ1n) is 7.01. The molecule has 1 heterocycles. The molecule has 0 spiro atoms. The lowest BCUT2D eigenvalue weighted by Gasteiger charge is -2.14. The van der Waals surface area contributed by atoms with E-state index in [2.05, 4.69) is 60.9 Å². The number of nitrogens with two attached hydrogens (primary N) is 1. The molecule has 1 unspecified atom stereocenters. The van der Waals surface area contributed by atoms with Gasteiger partial charge in [-0.3, -0.25) is 4.68 Å². The lowest BCUT2D eigenvalue weighted by molar-refractivity contribution is 0.507. The predicted molar refractivity (Wildman–Crippen MR) is 79.1 cm³/mol. The summed E-state index contributed by atoms with van der Waals surface area (Å²) in [6, 6.07) is 10.6. The van der Waals surface area contributed by atoms with Gasteiger partial charge in [0.15, 0.2) is 0 Å². The zero-order valence-electron chi connectivity index (χ0n) is 12.1. The summed E-state index contributed by atoms with van der Waals surface area (Å²) in [5.74, 6) is 0. The summed E-state index contributed by atoms with van der Waals surface area (Å²) in [5, 5.41) is 4.62. The van der Waals surface area contributed by atoms with E-state index in [-0.39, 0.29) is 6.04 Å². The van der Waals surface area contributed by atoms with E-state index in [9.17, 15) is 0 Å². The highest BCUT2D eigenvalue weighted by atomic mass is 15.3. The van der Waals surface area contributed by atoms with E-state index in [1.54, 1.807) is 0 Å². The molecule has 0 aliphatic carbocycles. The van der Waals surface area contributed by atoms with Gasteiger partial charge in [-0.25, -0.2) is 0 Å². The van der Waals surface area contributed by atoms with Crippen molar-refractivity contribution < 1.29 is 0 Å². The Morgan fingerprint density at radius 3 is 2.42 bits per heavy atom. The van der Waals surface area contributed by atoms with E-state index in [0.29, 0.717) is 0 Å². The molecule has 0 amide bonds. The summed E-state index contributed by atoms with van der Waals surface area (Å²) in [5.41, 5.74) is 11.1. The van der Waals surface area contributed by atoms with E-state index in [0.717, 1.165) is 25.1 Å². The van der Waals surface area contributed by atoms with Gasteiger partial charge in [-0.1, -0.05) is 43.7 Å². The van der Waals surface area contributed by atoms with E-state index >= 15 is 0 Å². The molecule has 0 saturated heterocycles. The van der Waals surface area contributed by atoms with Gasteiger partial charge in [0, 0.05) is 11.7 Å². The SMILES string of the molecule is CCc1cc(CC)n(CC(N)c2ccc(C)cc2)n1. The van der Waals surface area contributed by atoms with Gasteiger partial charge in [0.05, 0.1) is 12.2 Å². The molecule has 0 radical (unpaired) electrons. The molecule has 2 rings (SSSR count). The minimum atomic E-state index is -0.00416. The first kappa shape index (κ1) is 13.8. The van der Waals surface area contributed by atoms with Crippen molar-refractivity contribution in [3.05, 3.63) is 52.8 Å². The third-order valence-corrected chi connectivity index (χ3v) is 3.51. The lowest BCUT2D eigenvalue weighted by atomic mass is 10.1. The largest absolute Gasteiger partial charge is 0.322 e. The Morgan fingerprint density at radius 1 is 1.16 bits per heavy atom. The minimum Gasteiger partial charge on any atom is -0.322 e. The second-order valence-electron chi connectivity index (χ2n) is 5.03. The average Bonchev–Trinajstić information content (AvgIpc) is 2.81. The molecule has 0 fully saturated rings. The second kappa shape index (κ2) is 6.02. The highest BCUT2D eigenvalue weighted by Crippen LogP contribution is 2.15. The van der Waals surface area contributed by atoms with E-state index in [1.165, 1.54) is 16.8 Å². The fourth-order valence-electron chi connectivity index (χ4n) is 2.24. The maximum absolute atomic E-state index is 6.29. The molecule has 2 N–H and O–H groups in total. The van der Waals surface area contributed by atoms with Gasteiger partial charge in [-0.05, 0) is 31.4 Å². The van der Waals surface area contributed by atoms with Crippen LogP contribution in [0.3, 0.4) is 0 Å². The fourth-order valence-corrected chi connectivity index (χ4v) is 2.24. The van der Waals surface area contributed by atoms with Crippen molar-refractivity contribution in [1.29, 1.82) is 0 Å². The molecule has 0 aliphatic heterocycles. The number of nitrogens with zero attached hydrogens (tertiary/aromatic N) is 2. The van der Waals surface area contributed by atoms with Gasteiger partial charge >= 0.3 is 0 Å². The first-order valence-corrected chi connectivity index (χ1v) is 7.01. The zero-order valence-corrected chi connectivity index (χ0v) is 12.1. The minimum absolute atomic E-state index is 0.00416. The van der Waals surface area contributed by atoms with Crippen molar-refractivity contribution in [2.75, 3.05) is 0 Å². The number of hydrogen-bond acceptors (Lipinski definition) is 2. The molecule has 19 heavy (non-hydrogen) atoms. The van der Waals surface area contributed by atoms with Gasteiger partial charge in [0.2, 0.25) is 0 Å². The van der Waals surface area contributed by atoms with Crippen LogP contribution in [0.5, 0.6) is 0 Å². The molecule has 3 heteroatoms. The Hall–Kier alpha value is -1.61. The summed E-state index contributed by atoms with van der Waals surface area (Å²) < 4.78 is 2.06. The van der Waals surface area contributed by atoms with Crippen LogP contribution in [-0.2, 0) is 19.4 Å². The summed E-state index contributed by atoms with van der Waals surface area (Å²) >= 11 is 0. The van der Waals surface area contributed by atoms with Crippen LogP contribution in [0.25, 0.3) is 0 Å². The quantitative estimate of drug-likeness (QED) is 0.894. The van der Waals surface area contributed by atoms with Crippen LogP contribution in [0, 0.1) is 6.92 Å². The molecule has 0 bridgehead atoms. The van der Waals surface area contributed by atoms with Crippen LogP contribution >= 0.6 is 0 Å². The van der Waals surface area contributed by atoms with E-state index < -0.39 is 0 Å². The molecule has 1 atom stereocenters. The number of aromatic nitrogens is 2. The fraction of sp³-hybridized carbons (Fsp3) is 0.438. The molecule has 2 aromatic rings. The smallest absolute Gasteiger partial charge is 0.0624 e. The van der Waals surface area contributed by atoms with Crippen LogP contribution in [-0.4, -0.2) is 9.78 Å². The Balaban J connectivity index is 2.15. The first-order chi connectivity index (χ1) is 9.13. The maximum Gasteiger partial charge on any atom is 0.0624 e. The number of hydrogen-bond donors (Lipinski definition) is 1. The van der Waals surface area contributed by atoms with Crippen LogP contribution < -0.4 is 5.73 Å². The summed E-state index contributed by atoms with van der Waals surface area (Å²) in [6.07, 6.45) is 1.97. The monoisotopic (exact) mass is 257 g/mol. The van der Waals surface area contributed by atoms with Crippen molar-refractivity contribution in [1.82, 2.24) is 9.78 Å². The third-order valence-electron chi connectivity index (χ3n) is 3.51. The number of benzene rings is 1. The van der Waals surface area contributed by atoms with E-state index in [1.807, 2.05) is 0 Å². The van der Waals surface area contributed by atoms with Gasteiger partial charge in [-0.15, -0.1) is 0 Å². The lowest BCUT2D eigenvalue weighted by Crippen LogP contribution is -2.19. The van der Waals surface area contributed by atoms with Crippen molar-refractivity contribution in [2.45, 2.75) is 46.2 Å². The molecular weight excluding hydrogens is 234 g/mol. The van der Waals surface area contributed by atoms with Gasteiger partial charge < -0.3 is 5.73 Å². The van der Waals surface area contributed by atoms with E-state index in [4.69, 9.17) is 5.73 Å². The Morgan fingerprint density at radius 2 is 1.84 bits per heavy atom. The number of rotatable bonds is 5. The summed E-state index contributed by atoms with van der Waals surface area (Å²) in [4.78, 5) is 0. The molecule has 0 saturated carbocycles. The van der Waals surface area contributed by atoms with Crippen LogP contribution in [0.15, 0.2) is 30.3 Å². The molecule has 3 nitrogen and oxygen atoms in total. The summed E-state index contributed by atoms with van der Waals surface area (Å²) in [6.45, 7) is 7.12. The topological polar surface area (TPSA) is 43.8 Å². The van der Waals surface area contributed by atoms with Crippen LogP contribution in [0.2, 0.25) is 0 Å². The van der Waals surface area contributed by atoms with Crippen molar-refractivity contribution in [3.63, 3.8) is 0 Å². The van der Waals surface area contributed by atoms with Gasteiger partial charge in [-0.2, -0.15) is 5.10 Å². The van der Waals surface area contributed by atoms with Crippen molar-refractivity contribution in [2.24, 2.45) is 5.73 Å². The van der Waals surface area contributed by atoms with Crippen molar-refractivity contribution in [3.8, 4) is 0 Å². The average molecular weight is 257 g/mol. The normalized spacial score (nSPS) is 12.6. The second-order valence-corrected chi connectivity index (χ2v) is 5.03. The van der Waals surface area contributed by atoms with Crippen molar-refractivity contribution >= 4 is 0 Å². The third kappa shape index (κ3) is 3.24. The van der Waals surface area contributed by atoms with Crippen LogP contribution in [0.1, 0.15) is 42.4 Å². The van der Waals surface area contributed by atoms with Gasteiger partial charge in [0.25, 0.3) is 0 Å².